The van der Waals surface area contributed by atoms with Gasteiger partial charge in [-0.2, -0.15) is 0 Å². The molecule has 0 radical (unpaired) electrons. The number of ether oxygens (including phenoxy) is 1. The summed E-state index contributed by atoms with van der Waals surface area (Å²) < 4.78 is 19.5. The zero-order valence-electron chi connectivity index (χ0n) is 18.7. The lowest BCUT2D eigenvalue weighted by Gasteiger charge is -2.37. The largest absolute Gasteiger partial charge is 0.491 e. The molecule has 32 heavy (non-hydrogen) atoms. The standard InChI is InChI=1S/C25H33FN2O3S/c1-3-5-8-20(29)16-27(12-4-2)17-25(30)28-13-10-24-22(11-14-32-24)23(28)18-31-21-9-6-7-19(26)15-21/h3,6-7,9,11,14-15,20,23,29H,1,4-5,8,10,12-13,16-18H2,2H3/t20-,23-/m1/s1. The number of aliphatic hydroxyl groups is 1. The van der Waals surface area contributed by atoms with E-state index in [2.05, 4.69) is 19.6 Å². The normalized spacial score (nSPS) is 16.6. The van der Waals surface area contributed by atoms with Crippen molar-refractivity contribution in [2.75, 3.05) is 32.8 Å². The molecule has 0 spiro atoms. The quantitative estimate of drug-likeness (QED) is 0.476. The van der Waals surface area contributed by atoms with Crippen LogP contribution in [0.2, 0.25) is 0 Å². The molecule has 0 saturated carbocycles. The molecule has 1 aliphatic heterocycles. The summed E-state index contributed by atoms with van der Waals surface area (Å²) in [5.74, 6) is 0.136. The Morgan fingerprint density at radius 3 is 3.06 bits per heavy atom. The van der Waals surface area contributed by atoms with Crippen LogP contribution in [0.25, 0.3) is 0 Å². The summed E-state index contributed by atoms with van der Waals surface area (Å²) in [6.45, 7) is 8.15. The van der Waals surface area contributed by atoms with E-state index in [4.69, 9.17) is 4.74 Å². The Labute approximate surface area is 194 Å². The molecule has 0 bridgehead atoms. The Bertz CT molecular complexity index is 888. The van der Waals surface area contributed by atoms with Gasteiger partial charge in [0.05, 0.1) is 18.7 Å². The molecule has 1 aromatic carbocycles. The van der Waals surface area contributed by atoms with Gasteiger partial charge < -0.3 is 14.7 Å². The second kappa shape index (κ2) is 12.1. The zero-order chi connectivity index (χ0) is 22.9. The maximum atomic E-state index is 13.6. The first-order valence-corrected chi connectivity index (χ1v) is 12.1. The molecule has 2 heterocycles. The molecule has 1 aliphatic rings. The van der Waals surface area contributed by atoms with Gasteiger partial charge in [0, 0.05) is 24.0 Å². The van der Waals surface area contributed by atoms with Gasteiger partial charge >= 0.3 is 0 Å². The molecule has 3 rings (SSSR count). The third kappa shape index (κ3) is 6.64. The maximum absolute atomic E-state index is 13.6. The summed E-state index contributed by atoms with van der Waals surface area (Å²) in [6, 6.07) is 7.92. The Morgan fingerprint density at radius 2 is 2.31 bits per heavy atom. The van der Waals surface area contributed by atoms with Gasteiger partial charge in [-0.25, -0.2) is 4.39 Å². The number of benzene rings is 1. The molecule has 2 atom stereocenters. The number of rotatable bonds is 12. The van der Waals surface area contributed by atoms with Crippen LogP contribution in [0.15, 0.2) is 48.4 Å². The number of carbonyl (C=O) groups is 1. The van der Waals surface area contributed by atoms with E-state index >= 15 is 0 Å². The van der Waals surface area contributed by atoms with E-state index < -0.39 is 6.10 Å². The Morgan fingerprint density at radius 1 is 1.47 bits per heavy atom. The lowest BCUT2D eigenvalue weighted by molar-refractivity contribution is -0.136. The fraction of sp³-hybridized carbons (Fsp3) is 0.480. The Balaban J connectivity index is 1.69. The second-order valence-electron chi connectivity index (χ2n) is 8.18. The molecule has 1 amide bonds. The summed E-state index contributed by atoms with van der Waals surface area (Å²) in [6.07, 6.45) is 4.44. The number of halogens is 1. The first kappa shape index (κ1) is 24.4. The highest BCUT2D eigenvalue weighted by Crippen LogP contribution is 2.34. The SMILES string of the molecule is C=CCC[C@@H](O)CN(CCC)CC(=O)N1CCc2sccc2[C@H]1COc1cccc(F)c1. The number of aliphatic hydroxyl groups excluding tert-OH is 1. The number of amides is 1. The van der Waals surface area contributed by atoms with Gasteiger partial charge in [0.25, 0.3) is 0 Å². The topological polar surface area (TPSA) is 53.0 Å². The van der Waals surface area contributed by atoms with E-state index in [0.717, 1.165) is 31.4 Å². The fourth-order valence-electron chi connectivity index (χ4n) is 4.14. The molecule has 0 saturated heterocycles. The molecule has 0 unspecified atom stereocenters. The van der Waals surface area contributed by atoms with Crippen LogP contribution in [0.1, 0.15) is 42.7 Å². The minimum atomic E-state index is -0.482. The smallest absolute Gasteiger partial charge is 0.237 e. The lowest BCUT2D eigenvalue weighted by atomic mass is 10.0. The van der Waals surface area contributed by atoms with Crippen LogP contribution >= 0.6 is 11.3 Å². The molecule has 7 heteroatoms. The summed E-state index contributed by atoms with van der Waals surface area (Å²) in [5.41, 5.74) is 1.11. The van der Waals surface area contributed by atoms with Crippen LogP contribution < -0.4 is 4.74 Å². The first-order chi connectivity index (χ1) is 15.5. The Kier molecular flexibility index (Phi) is 9.26. The molecular weight excluding hydrogens is 427 g/mol. The molecule has 174 valence electrons. The minimum Gasteiger partial charge on any atom is -0.491 e. The third-order valence-corrected chi connectivity index (χ3v) is 6.69. The van der Waals surface area contributed by atoms with Crippen molar-refractivity contribution in [3.8, 4) is 5.75 Å². The average Bonchev–Trinajstić information content (AvgIpc) is 3.25. The number of allylic oxidation sites excluding steroid dienone is 1. The van der Waals surface area contributed by atoms with Crippen molar-refractivity contribution in [2.24, 2.45) is 0 Å². The highest BCUT2D eigenvalue weighted by Gasteiger charge is 2.33. The highest BCUT2D eigenvalue weighted by molar-refractivity contribution is 7.10. The molecule has 5 nitrogen and oxygen atoms in total. The number of hydrogen-bond donors (Lipinski definition) is 1. The predicted octanol–water partition coefficient (Wildman–Crippen LogP) is 4.43. The van der Waals surface area contributed by atoms with Gasteiger partial charge in [-0.1, -0.05) is 19.1 Å². The van der Waals surface area contributed by atoms with Crippen molar-refractivity contribution in [2.45, 2.75) is 44.8 Å². The summed E-state index contributed by atoms with van der Waals surface area (Å²) in [4.78, 5) is 18.5. The number of fused-ring (bicyclic) bond motifs is 1. The van der Waals surface area contributed by atoms with Crippen molar-refractivity contribution in [1.29, 1.82) is 0 Å². The van der Waals surface area contributed by atoms with Gasteiger partial charge in [-0.15, -0.1) is 17.9 Å². The number of nitrogens with zero attached hydrogens (tertiary/aromatic N) is 2. The fourth-order valence-corrected chi connectivity index (χ4v) is 5.07. The third-order valence-electron chi connectivity index (χ3n) is 5.69. The monoisotopic (exact) mass is 460 g/mol. The van der Waals surface area contributed by atoms with Gasteiger partial charge in [0.2, 0.25) is 5.91 Å². The van der Waals surface area contributed by atoms with Gasteiger partial charge in [-0.05, 0) is 61.4 Å². The van der Waals surface area contributed by atoms with Crippen molar-refractivity contribution in [3.63, 3.8) is 0 Å². The predicted molar refractivity (Wildman–Crippen MR) is 127 cm³/mol. The molecular formula is C25H33FN2O3S. The van der Waals surface area contributed by atoms with Gasteiger partial charge in [-0.3, -0.25) is 9.69 Å². The van der Waals surface area contributed by atoms with E-state index in [1.807, 2.05) is 15.2 Å². The van der Waals surface area contributed by atoms with Gasteiger partial charge in [0.1, 0.15) is 18.2 Å². The number of hydrogen-bond acceptors (Lipinski definition) is 5. The molecule has 2 aromatic rings. The van der Waals surface area contributed by atoms with Crippen LogP contribution in [0.4, 0.5) is 4.39 Å². The maximum Gasteiger partial charge on any atom is 0.237 e. The van der Waals surface area contributed by atoms with Crippen molar-refractivity contribution >= 4 is 17.2 Å². The summed E-state index contributed by atoms with van der Waals surface area (Å²) in [5, 5.41) is 12.4. The number of thiophene rings is 1. The van der Waals surface area contributed by atoms with Gasteiger partial charge in [0.15, 0.2) is 0 Å². The second-order valence-corrected chi connectivity index (χ2v) is 9.18. The van der Waals surface area contributed by atoms with E-state index in [0.29, 0.717) is 25.3 Å². The highest BCUT2D eigenvalue weighted by atomic mass is 32.1. The molecule has 0 fully saturated rings. The minimum absolute atomic E-state index is 0.0269. The Hall–Kier alpha value is -2.22. The zero-order valence-corrected chi connectivity index (χ0v) is 19.5. The first-order valence-electron chi connectivity index (χ1n) is 11.3. The average molecular weight is 461 g/mol. The van der Waals surface area contributed by atoms with Crippen molar-refractivity contribution in [3.05, 3.63) is 64.6 Å². The van der Waals surface area contributed by atoms with E-state index in [1.165, 1.54) is 17.0 Å². The lowest BCUT2D eigenvalue weighted by Crippen LogP contribution is -2.47. The van der Waals surface area contributed by atoms with E-state index in [1.54, 1.807) is 29.5 Å². The van der Waals surface area contributed by atoms with E-state index in [-0.39, 0.29) is 30.9 Å². The van der Waals surface area contributed by atoms with E-state index in [9.17, 15) is 14.3 Å². The summed E-state index contributed by atoms with van der Waals surface area (Å²) in [7, 11) is 0. The van der Waals surface area contributed by atoms with Crippen LogP contribution in [0, 0.1) is 5.82 Å². The molecule has 1 N–H and O–H groups in total. The molecule has 1 aromatic heterocycles. The summed E-state index contributed by atoms with van der Waals surface area (Å²) >= 11 is 1.70. The van der Waals surface area contributed by atoms with Crippen molar-refractivity contribution < 1.29 is 19.0 Å². The van der Waals surface area contributed by atoms with Crippen LogP contribution in [-0.4, -0.2) is 59.7 Å². The van der Waals surface area contributed by atoms with Crippen LogP contribution in [0.3, 0.4) is 0 Å². The molecule has 0 aliphatic carbocycles. The number of carbonyl (C=O) groups excluding carboxylic acids is 1. The van der Waals surface area contributed by atoms with Crippen LogP contribution in [-0.2, 0) is 11.2 Å². The van der Waals surface area contributed by atoms with Crippen LogP contribution in [0.5, 0.6) is 5.75 Å². The van der Waals surface area contributed by atoms with Crippen molar-refractivity contribution in [1.82, 2.24) is 9.80 Å².